The van der Waals surface area contributed by atoms with Gasteiger partial charge in [-0.05, 0) is 37.1 Å². The standard InChI is InChI=1S/C20H19FN2O2S/c1-25-14-8-9-15(16(21)11-14)20(24)23-10-4-5-13(12-23)19-22-17-6-2-3-7-18(17)26-19/h2-3,6-9,11,13H,4-5,10,12H2,1H3/t13-/m1/s1. The first-order valence-electron chi connectivity index (χ1n) is 8.64. The number of nitrogens with zero attached hydrogens (tertiary/aromatic N) is 2. The second-order valence-electron chi connectivity index (χ2n) is 6.46. The first-order chi connectivity index (χ1) is 12.7. The molecule has 0 N–H and O–H groups in total. The number of benzene rings is 2. The third-order valence-electron chi connectivity index (χ3n) is 4.77. The summed E-state index contributed by atoms with van der Waals surface area (Å²) in [6.45, 7) is 1.22. The molecule has 1 atom stereocenters. The quantitative estimate of drug-likeness (QED) is 0.683. The number of aromatic nitrogens is 1. The SMILES string of the molecule is COc1ccc(C(=O)N2CCC[C@@H](c3nc4ccccc4s3)C2)c(F)c1. The summed E-state index contributed by atoms with van der Waals surface area (Å²) in [5.41, 5.74) is 1.09. The Bertz CT molecular complexity index is 923. The largest absolute Gasteiger partial charge is 0.497 e. The highest BCUT2D eigenvalue weighted by atomic mass is 32.1. The topological polar surface area (TPSA) is 42.4 Å². The van der Waals surface area contributed by atoms with Crippen LogP contribution >= 0.6 is 11.3 Å². The fourth-order valence-corrected chi connectivity index (χ4v) is 4.49. The molecule has 1 aliphatic rings. The van der Waals surface area contributed by atoms with E-state index in [-0.39, 0.29) is 17.4 Å². The van der Waals surface area contributed by atoms with E-state index in [1.54, 1.807) is 22.3 Å². The number of likely N-dealkylation sites (tertiary alicyclic amines) is 1. The molecule has 0 radical (unpaired) electrons. The van der Waals surface area contributed by atoms with E-state index >= 15 is 0 Å². The summed E-state index contributed by atoms with van der Waals surface area (Å²) in [5, 5.41) is 1.05. The summed E-state index contributed by atoms with van der Waals surface area (Å²) in [6.07, 6.45) is 1.89. The van der Waals surface area contributed by atoms with Crippen LogP contribution in [0.25, 0.3) is 10.2 Å². The fourth-order valence-electron chi connectivity index (χ4n) is 3.39. The van der Waals surface area contributed by atoms with Crippen molar-refractivity contribution in [3.63, 3.8) is 0 Å². The molecule has 1 fully saturated rings. The number of methoxy groups -OCH3 is 1. The Morgan fingerprint density at radius 1 is 1.31 bits per heavy atom. The van der Waals surface area contributed by atoms with Gasteiger partial charge in [0.2, 0.25) is 0 Å². The van der Waals surface area contributed by atoms with Crippen molar-refractivity contribution in [1.82, 2.24) is 9.88 Å². The Hall–Kier alpha value is -2.47. The lowest BCUT2D eigenvalue weighted by molar-refractivity contribution is 0.0702. The molecule has 4 nitrogen and oxygen atoms in total. The molecule has 2 aromatic carbocycles. The molecule has 0 bridgehead atoms. The number of hydrogen-bond acceptors (Lipinski definition) is 4. The van der Waals surface area contributed by atoms with Gasteiger partial charge in [0.25, 0.3) is 5.91 Å². The van der Waals surface area contributed by atoms with Crippen LogP contribution in [0.2, 0.25) is 0 Å². The molecule has 2 heterocycles. The molecule has 4 rings (SSSR count). The Morgan fingerprint density at radius 3 is 2.92 bits per heavy atom. The van der Waals surface area contributed by atoms with Crippen LogP contribution in [0, 0.1) is 5.82 Å². The number of halogens is 1. The maximum Gasteiger partial charge on any atom is 0.256 e. The predicted octanol–water partition coefficient (Wildman–Crippen LogP) is 4.46. The number of ether oxygens (including phenoxy) is 1. The van der Waals surface area contributed by atoms with Gasteiger partial charge >= 0.3 is 0 Å². The van der Waals surface area contributed by atoms with E-state index in [4.69, 9.17) is 9.72 Å². The van der Waals surface area contributed by atoms with E-state index in [1.165, 1.54) is 19.2 Å². The molecule has 1 aliphatic heterocycles. The Kier molecular flexibility index (Phi) is 4.59. The van der Waals surface area contributed by atoms with Gasteiger partial charge in [-0.3, -0.25) is 4.79 Å². The van der Waals surface area contributed by atoms with Crippen molar-refractivity contribution < 1.29 is 13.9 Å². The minimum Gasteiger partial charge on any atom is -0.497 e. The number of fused-ring (bicyclic) bond motifs is 1. The minimum atomic E-state index is -0.545. The van der Waals surface area contributed by atoms with Crippen LogP contribution in [0.4, 0.5) is 4.39 Å². The highest BCUT2D eigenvalue weighted by Gasteiger charge is 2.28. The monoisotopic (exact) mass is 370 g/mol. The third-order valence-corrected chi connectivity index (χ3v) is 5.97. The lowest BCUT2D eigenvalue weighted by atomic mass is 9.98. The number of carbonyl (C=O) groups excluding carboxylic acids is 1. The van der Waals surface area contributed by atoms with Crippen molar-refractivity contribution in [2.24, 2.45) is 0 Å². The number of amides is 1. The Morgan fingerprint density at radius 2 is 2.15 bits per heavy atom. The molecule has 26 heavy (non-hydrogen) atoms. The van der Waals surface area contributed by atoms with E-state index in [0.29, 0.717) is 18.8 Å². The van der Waals surface area contributed by atoms with Crippen LogP contribution in [0.5, 0.6) is 5.75 Å². The van der Waals surface area contributed by atoms with E-state index in [0.717, 1.165) is 28.1 Å². The number of rotatable bonds is 3. The molecular weight excluding hydrogens is 351 g/mol. The van der Waals surface area contributed by atoms with Gasteiger partial charge < -0.3 is 9.64 Å². The van der Waals surface area contributed by atoms with Crippen LogP contribution in [-0.2, 0) is 0 Å². The van der Waals surface area contributed by atoms with E-state index in [1.807, 2.05) is 18.2 Å². The van der Waals surface area contributed by atoms with Gasteiger partial charge in [-0.1, -0.05) is 12.1 Å². The van der Waals surface area contributed by atoms with Gasteiger partial charge in [0.1, 0.15) is 11.6 Å². The maximum absolute atomic E-state index is 14.3. The highest BCUT2D eigenvalue weighted by molar-refractivity contribution is 7.18. The van der Waals surface area contributed by atoms with E-state index in [2.05, 4.69) is 6.07 Å². The smallest absolute Gasteiger partial charge is 0.256 e. The van der Waals surface area contributed by atoms with Crippen LogP contribution in [-0.4, -0.2) is 36.0 Å². The number of thiazole rings is 1. The molecular formula is C20H19FN2O2S. The molecule has 3 aromatic rings. The first-order valence-corrected chi connectivity index (χ1v) is 9.45. The number of carbonyl (C=O) groups is 1. The lowest BCUT2D eigenvalue weighted by Gasteiger charge is -2.32. The van der Waals surface area contributed by atoms with Gasteiger partial charge in [-0.15, -0.1) is 11.3 Å². The van der Waals surface area contributed by atoms with Crippen LogP contribution in [0.15, 0.2) is 42.5 Å². The van der Waals surface area contributed by atoms with Crippen LogP contribution < -0.4 is 4.74 Å². The molecule has 0 spiro atoms. The fraction of sp³-hybridized carbons (Fsp3) is 0.300. The van der Waals surface area contributed by atoms with Gasteiger partial charge in [0, 0.05) is 25.1 Å². The molecule has 1 aromatic heterocycles. The first kappa shape index (κ1) is 17.0. The average Bonchev–Trinajstić information content (AvgIpc) is 3.12. The van der Waals surface area contributed by atoms with Crippen molar-refractivity contribution in [3.05, 3.63) is 58.9 Å². The van der Waals surface area contributed by atoms with Crippen molar-refractivity contribution in [1.29, 1.82) is 0 Å². The third kappa shape index (κ3) is 3.17. The second kappa shape index (κ2) is 7.03. The van der Waals surface area contributed by atoms with Gasteiger partial charge in [0.05, 0.1) is 27.9 Å². The van der Waals surface area contributed by atoms with Crippen LogP contribution in [0.1, 0.15) is 34.1 Å². The normalized spacial score (nSPS) is 17.5. The van der Waals surface area contributed by atoms with Crippen molar-refractivity contribution in [2.75, 3.05) is 20.2 Å². The molecule has 0 aliphatic carbocycles. The van der Waals surface area contributed by atoms with Crippen molar-refractivity contribution in [2.45, 2.75) is 18.8 Å². The minimum absolute atomic E-state index is 0.0933. The molecule has 0 unspecified atom stereocenters. The highest BCUT2D eigenvalue weighted by Crippen LogP contribution is 2.33. The summed E-state index contributed by atoms with van der Waals surface area (Å²) < 4.78 is 20.4. The van der Waals surface area contributed by atoms with E-state index in [9.17, 15) is 9.18 Å². The van der Waals surface area contributed by atoms with E-state index < -0.39 is 5.82 Å². The van der Waals surface area contributed by atoms with Crippen molar-refractivity contribution >= 4 is 27.5 Å². The number of piperidine rings is 1. The van der Waals surface area contributed by atoms with Gasteiger partial charge in [-0.2, -0.15) is 0 Å². The summed E-state index contributed by atoms with van der Waals surface area (Å²) in [4.78, 5) is 19.3. The van der Waals surface area contributed by atoms with Gasteiger partial charge in [0.15, 0.2) is 0 Å². The zero-order chi connectivity index (χ0) is 18.1. The molecule has 6 heteroatoms. The van der Waals surface area contributed by atoms with Gasteiger partial charge in [-0.25, -0.2) is 9.37 Å². The summed E-state index contributed by atoms with van der Waals surface area (Å²) >= 11 is 1.68. The molecule has 0 saturated carbocycles. The van der Waals surface area contributed by atoms with Crippen LogP contribution in [0.3, 0.4) is 0 Å². The molecule has 134 valence electrons. The van der Waals surface area contributed by atoms with Crippen molar-refractivity contribution in [3.8, 4) is 5.75 Å². The second-order valence-corrected chi connectivity index (χ2v) is 7.52. The zero-order valence-corrected chi connectivity index (χ0v) is 15.3. The number of hydrogen-bond donors (Lipinski definition) is 0. The number of para-hydroxylation sites is 1. The Labute approximate surface area is 155 Å². The summed E-state index contributed by atoms with van der Waals surface area (Å²) in [7, 11) is 1.48. The summed E-state index contributed by atoms with van der Waals surface area (Å²) in [6, 6.07) is 12.4. The maximum atomic E-state index is 14.3. The zero-order valence-electron chi connectivity index (χ0n) is 14.4. The molecule has 1 amide bonds. The molecule has 1 saturated heterocycles. The predicted molar refractivity (Wildman–Crippen MR) is 100 cm³/mol. The average molecular weight is 370 g/mol. The summed E-state index contributed by atoms with van der Waals surface area (Å²) in [5.74, 6) is -0.205. The lowest BCUT2D eigenvalue weighted by Crippen LogP contribution is -2.39. The Balaban J connectivity index is 1.55.